The maximum absolute atomic E-state index is 2.25. The second-order valence-electron chi connectivity index (χ2n) is 3.33. The van der Waals surface area contributed by atoms with Gasteiger partial charge in [-0.15, -0.1) is 11.8 Å². The quantitative estimate of drug-likeness (QED) is 0.627. The SMILES string of the molecule is CSc1cn(C)c2ccc(C)cc12. The van der Waals surface area contributed by atoms with E-state index in [0.29, 0.717) is 0 Å². The number of rotatable bonds is 1. The van der Waals surface area contributed by atoms with Crippen LogP contribution in [0.1, 0.15) is 5.56 Å². The summed E-state index contributed by atoms with van der Waals surface area (Å²) in [5.41, 5.74) is 2.64. The lowest BCUT2D eigenvalue weighted by molar-refractivity contribution is 0.958. The van der Waals surface area contributed by atoms with E-state index in [1.165, 1.54) is 21.4 Å². The first-order valence-corrected chi connectivity index (χ1v) is 5.54. The third-order valence-corrected chi connectivity index (χ3v) is 3.09. The number of aryl methyl sites for hydroxylation is 2. The molecule has 0 atom stereocenters. The Morgan fingerprint density at radius 2 is 2.08 bits per heavy atom. The van der Waals surface area contributed by atoms with Crippen molar-refractivity contribution < 1.29 is 0 Å². The molecule has 0 spiro atoms. The average Bonchev–Trinajstić information content (AvgIpc) is 2.42. The molecule has 68 valence electrons. The van der Waals surface area contributed by atoms with Crippen molar-refractivity contribution in [2.75, 3.05) is 6.26 Å². The normalized spacial score (nSPS) is 11.0. The highest BCUT2D eigenvalue weighted by Gasteiger charge is 2.04. The molecule has 0 aliphatic heterocycles. The zero-order valence-electron chi connectivity index (χ0n) is 8.16. The first-order valence-electron chi connectivity index (χ1n) is 4.32. The number of hydrogen-bond acceptors (Lipinski definition) is 1. The standard InChI is InChI=1S/C11H13NS/c1-8-4-5-10-9(6-8)11(13-3)7-12(10)2/h4-7H,1-3H3. The van der Waals surface area contributed by atoms with E-state index < -0.39 is 0 Å². The zero-order chi connectivity index (χ0) is 9.42. The van der Waals surface area contributed by atoms with Crippen LogP contribution in [-0.2, 0) is 7.05 Å². The number of thioether (sulfide) groups is 1. The molecule has 0 unspecified atom stereocenters. The molecule has 1 aromatic heterocycles. The highest BCUT2D eigenvalue weighted by molar-refractivity contribution is 7.98. The highest BCUT2D eigenvalue weighted by atomic mass is 32.2. The van der Waals surface area contributed by atoms with E-state index in [2.05, 4.69) is 49.2 Å². The first-order chi connectivity index (χ1) is 6.22. The Hall–Kier alpha value is -0.890. The number of nitrogens with zero attached hydrogens (tertiary/aromatic N) is 1. The Bertz CT molecular complexity index is 443. The van der Waals surface area contributed by atoms with Gasteiger partial charge < -0.3 is 4.57 Å². The molecule has 0 amide bonds. The molecule has 0 N–H and O–H groups in total. The summed E-state index contributed by atoms with van der Waals surface area (Å²) in [6.45, 7) is 2.14. The summed E-state index contributed by atoms with van der Waals surface area (Å²) in [6, 6.07) is 6.60. The van der Waals surface area contributed by atoms with Gasteiger partial charge in [-0.25, -0.2) is 0 Å². The van der Waals surface area contributed by atoms with Crippen molar-refractivity contribution in [2.45, 2.75) is 11.8 Å². The van der Waals surface area contributed by atoms with Gasteiger partial charge in [-0.1, -0.05) is 11.6 Å². The van der Waals surface area contributed by atoms with E-state index in [9.17, 15) is 0 Å². The fourth-order valence-corrected chi connectivity index (χ4v) is 2.28. The summed E-state index contributed by atoms with van der Waals surface area (Å²) >= 11 is 1.81. The molecule has 0 bridgehead atoms. The van der Waals surface area contributed by atoms with Crippen molar-refractivity contribution in [2.24, 2.45) is 7.05 Å². The lowest BCUT2D eigenvalue weighted by Crippen LogP contribution is -1.82. The summed E-state index contributed by atoms with van der Waals surface area (Å²) in [7, 11) is 2.09. The van der Waals surface area contributed by atoms with Crippen LogP contribution < -0.4 is 0 Å². The Labute approximate surface area is 82.8 Å². The highest BCUT2D eigenvalue weighted by Crippen LogP contribution is 2.28. The summed E-state index contributed by atoms with van der Waals surface area (Å²) in [5, 5.41) is 1.37. The first kappa shape index (κ1) is 8.70. The van der Waals surface area contributed by atoms with Gasteiger partial charge in [0.2, 0.25) is 0 Å². The Balaban J connectivity index is 2.81. The van der Waals surface area contributed by atoms with Crippen molar-refractivity contribution >= 4 is 22.7 Å². The number of hydrogen-bond donors (Lipinski definition) is 0. The summed E-state index contributed by atoms with van der Waals surface area (Å²) < 4.78 is 2.18. The Morgan fingerprint density at radius 3 is 2.77 bits per heavy atom. The largest absolute Gasteiger partial charge is 0.349 e. The van der Waals surface area contributed by atoms with E-state index in [0.717, 1.165) is 0 Å². The molecule has 1 nitrogen and oxygen atoms in total. The van der Waals surface area contributed by atoms with Gasteiger partial charge in [0, 0.05) is 29.0 Å². The number of benzene rings is 1. The molecule has 2 rings (SSSR count). The molecule has 0 saturated carbocycles. The number of fused-ring (bicyclic) bond motifs is 1. The van der Waals surface area contributed by atoms with E-state index >= 15 is 0 Å². The summed E-state index contributed by atoms with van der Waals surface area (Å²) in [6.07, 6.45) is 4.31. The second-order valence-corrected chi connectivity index (χ2v) is 4.18. The molecule has 0 aliphatic carbocycles. The van der Waals surface area contributed by atoms with Gasteiger partial charge in [-0.2, -0.15) is 0 Å². The molecule has 0 radical (unpaired) electrons. The molecule has 0 aliphatic rings. The summed E-state index contributed by atoms with van der Waals surface area (Å²) in [4.78, 5) is 1.36. The van der Waals surface area contributed by atoms with Gasteiger partial charge in [-0.3, -0.25) is 0 Å². The Kier molecular flexibility index (Phi) is 2.08. The molecule has 2 heteroatoms. The minimum absolute atomic E-state index is 1.31. The molecule has 2 aromatic rings. The van der Waals surface area contributed by atoms with Crippen LogP contribution in [0.15, 0.2) is 29.3 Å². The van der Waals surface area contributed by atoms with Gasteiger partial charge >= 0.3 is 0 Å². The predicted molar refractivity (Wildman–Crippen MR) is 59.4 cm³/mol. The van der Waals surface area contributed by atoms with Crippen molar-refractivity contribution in [3.8, 4) is 0 Å². The molecule has 0 saturated heterocycles. The zero-order valence-corrected chi connectivity index (χ0v) is 8.98. The Morgan fingerprint density at radius 1 is 1.31 bits per heavy atom. The lowest BCUT2D eigenvalue weighted by atomic mass is 10.2. The molecule has 1 heterocycles. The molecule has 1 aromatic carbocycles. The van der Waals surface area contributed by atoms with E-state index in [-0.39, 0.29) is 0 Å². The lowest BCUT2D eigenvalue weighted by Gasteiger charge is -1.96. The molecular formula is C11H13NS. The van der Waals surface area contributed by atoms with Gasteiger partial charge in [0.25, 0.3) is 0 Å². The minimum Gasteiger partial charge on any atom is -0.349 e. The second kappa shape index (κ2) is 3.11. The third-order valence-electron chi connectivity index (χ3n) is 2.33. The van der Waals surface area contributed by atoms with Crippen LogP contribution in [0.2, 0.25) is 0 Å². The van der Waals surface area contributed by atoms with Crippen LogP contribution in [0.5, 0.6) is 0 Å². The molecule has 0 fully saturated rings. The van der Waals surface area contributed by atoms with E-state index in [1.54, 1.807) is 11.8 Å². The number of aromatic nitrogens is 1. The van der Waals surface area contributed by atoms with Crippen molar-refractivity contribution in [1.29, 1.82) is 0 Å². The van der Waals surface area contributed by atoms with Crippen LogP contribution in [0.25, 0.3) is 10.9 Å². The maximum Gasteiger partial charge on any atom is 0.0489 e. The fourth-order valence-electron chi connectivity index (χ4n) is 1.63. The average molecular weight is 191 g/mol. The predicted octanol–water partition coefficient (Wildman–Crippen LogP) is 3.21. The topological polar surface area (TPSA) is 4.93 Å². The third kappa shape index (κ3) is 1.35. The van der Waals surface area contributed by atoms with Gasteiger partial charge in [0.1, 0.15) is 0 Å². The smallest absolute Gasteiger partial charge is 0.0489 e. The molecular weight excluding hydrogens is 178 g/mol. The van der Waals surface area contributed by atoms with Crippen LogP contribution in [-0.4, -0.2) is 10.8 Å². The van der Waals surface area contributed by atoms with Gasteiger partial charge in [0.15, 0.2) is 0 Å². The van der Waals surface area contributed by atoms with Crippen molar-refractivity contribution in [3.05, 3.63) is 30.0 Å². The summed E-state index contributed by atoms with van der Waals surface area (Å²) in [5.74, 6) is 0. The maximum atomic E-state index is 2.25. The van der Waals surface area contributed by atoms with Crippen molar-refractivity contribution in [3.63, 3.8) is 0 Å². The minimum atomic E-state index is 1.31. The molecule has 13 heavy (non-hydrogen) atoms. The van der Waals surface area contributed by atoms with E-state index in [4.69, 9.17) is 0 Å². The van der Waals surface area contributed by atoms with E-state index in [1.807, 2.05) is 0 Å². The fraction of sp³-hybridized carbons (Fsp3) is 0.273. The van der Waals surface area contributed by atoms with Crippen molar-refractivity contribution in [1.82, 2.24) is 4.57 Å². The monoisotopic (exact) mass is 191 g/mol. The van der Waals surface area contributed by atoms with Crippen LogP contribution >= 0.6 is 11.8 Å². The van der Waals surface area contributed by atoms with Crippen LogP contribution in [0, 0.1) is 6.92 Å². The van der Waals surface area contributed by atoms with Gasteiger partial charge in [-0.05, 0) is 25.3 Å². The van der Waals surface area contributed by atoms with Gasteiger partial charge in [0.05, 0.1) is 0 Å². The van der Waals surface area contributed by atoms with Crippen LogP contribution in [0.4, 0.5) is 0 Å². The van der Waals surface area contributed by atoms with Crippen LogP contribution in [0.3, 0.4) is 0 Å².